The molecule has 0 saturated carbocycles. The van der Waals surface area contributed by atoms with Crippen LogP contribution in [0.2, 0.25) is 0 Å². The Morgan fingerprint density at radius 1 is 1.43 bits per heavy atom. The molecule has 1 heterocycles. The summed E-state index contributed by atoms with van der Waals surface area (Å²) >= 11 is 0. The van der Waals surface area contributed by atoms with Crippen molar-refractivity contribution in [2.75, 3.05) is 13.2 Å². The van der Waals surface area contributed by atoms with E-state index in [4.69, 9.17) is 0 Å². The number of rotatable bonds is 3. The first-order valence-corrected chi connectivity index (χ1v) is 5.24. The molecular weight excluding hydrogens is 174 g/mol. The largest absolute Gasteiger partial charge is 0.394 e. The average Bonchev–Trinajstić information content (AvgIpc) is 2.24. The van der Waals surface area contributed by atoms with Crippen molar-refractivity contribution >= 4 is 0 Å². The lowest BCUT2D eigenvalue weighted by molar-refractivity contribution is 0.0216. The van der Waals surface area contributed by atoms with Crippen LogP contribution in [-0.2, 0) is 0 Å². The molecule has 2 nitrogen and oxygen atoms in total. The van der Waals surface area contributed by atoms with Crippen molar-refractivity contribution in [3.63, 3.8) is 0 Å². The Morgan fingerprint density at radius 2 is 2.14 bits per heavy atom. The molecule has 1 fully saturated rings. The molecule has 0 aromatic heterocycles. The maximum absolute atomic E-state index is 9.39. The van der Waals surface area contributed by atoms with E-state index >= 15 is 0 Å². The lowest BCUT2D eigenvalue weighted by atomic mass is 9.97. The number of likely N-dealkylation sites (tertiary alicyclic amines) is 1. The molecule has 1 saturated heterocycles. The minimum atomic E-state index is 0.194. The Morgan fingerprint density at radius 3 is 2.57 bits per heavy atom. The van der Waals surface area contributed by atoms with Crippen molar-refractivity contribution in [2.24, 2.45) is 0 Å². The molecule has 1 aliphatic heterocycles. The second-order valence-electron chi connectivity index (χ2n) is 3.98. The van der Waals surface area contributed by atoms with Gasteiger partial charge in [0.05, 0.1) is 12.6 Å². The van der Waals surface area contributed by atoms with Crippen LogP contribution in [0.1, 0.15) is 24.9 Å². The van der Waals surface area contributed by atoms with Crippen LogP contribution in [0.3, 0.4) is 0 Å². The van der Waals surface area contributed by atoms with E-state index in [1.165, 1.54) is 12.0 Å². The average molecular weight is 191 g/mol. The van der Waals surface area contributed by atoms with Crippen molar-refractivity contribution in [2.45, 2.75) is 25.4 Å². The fourth-order valence-corrected chi connectivity index (χ4v) is 2.08. The molecule has 1 N–H and O–H groups in total. The van der Waals surface area contributed by atoms with Crippen molar-refractivity contribution in [1.82, 2.24) is 4.90 Å². The predicted molar refractivity (Wildman–Crippen MR) is 57.1 cm³/mol. The van der Waals surface area contributed by atoms with Gasteiger partial charge in [-0.15, -0.1) is 0 Å². The molecule has 2 atom stereocenters. The van der Waals surface area contributed by atoms with Crippen LogP contribution in [-0.4, -0.2) is 29.2 Å². The molecule has 1 aromatic carbocycles. The summed E-state index contributed by atoms with van der Waals surface area (Å²) in [5, 5.41) is 9.39. The number of benzene rings is 1. The van der Waals surface area contributed by atoms with Crippen LogP contribution in [0.15, 0.2) is 30.3 Å². The van der Waals surface area contributed by atoms with Crippen molar-refractivity contribution in [3.05, 3.63) is 35.9 Å². The summed E-state index contributed by atoms with van der Waals surface area (Å²) in [6, 6.07) is 11.1. The molecule has 2 unspecified atom stereocenters. The van der Waals surface area contributed by atoms with E-state index in [0.717, 1.165) is 6.54 Å². The minimum absolute atomic E-state index is 0.194. The van der Waals surface area contributed by atoms with E-state index in [0.29, 0.717) is 6.04 Å². The van der Waals surface area contributed by atoms with E-state index in [2.05, 4.69) is 24.0 Å². The van der Waals surface area contributed by atoms with Crippen molar-refractivity contribution in [1.29, 1.82) is 0 Å². The number of hydrogen-bond acceptors (Lipinski definition) is 2. The van der Waals surface area contributed by atoms with Gasteiger partial charge in [-0.3, -0.25) is 4.90 Å². The normalized spacial score (nSPS) is 24.3. The third-order valence-corrected chi connectivity index (χ3v) is 3.13. The first kappa shape index (κ1) is 9.69. The molecule has 14 heavy (non-hydrogen) atoms. The highest BCUT2D eigenvalue weighted by atomic mass is 16.3. The third-order valence-electron chi connectivity index (χ3n) is 3.13. The van der Waals surface area contributed by atoms with Gasteiger partial charge in [-0.1, -0.05) is 30.3 Å². The maximum atomic E-state index is 9.39. The first-order valence-electron chi connectivity index (χ1n) is 5.24. The lowest BCUT2D eigenvalue weighted by Gasteiger charge is -2.44. The number of nitrogens with zero attached hydrogens (tertiary/aromatic N) is 1. The maximum Gasteiger partial charge on any atom is 0.0628 e. The summed E-state index contributed by atoms with van der Waals surface area (Å²) in [5.41, 5.74) is 1.22. The standard InChI is InChI=1S/C12H17NO/c1-10-7-8-13(10)12(9-14)11-5-3-2-4-6-11/h2-6,10,12,14H,7-9H2,1H3. The van der Waals surface area contributed by atoms with Gasteiger partial charge >= 0.3 is 0 Å². The van der Waals surface area contributed by atoms with Gasteiger partial charge < -0.3 is 5.11 Å². The second-order valence-corrected chi connectivity index (χ2v) is 3.98. The Hall–Kier alpha value is -0.860. The number of aliphatic hydroxyl groups excluding tert-OH is 1. The van der Waals surface area contributed by atoms with Gasteiger partial charge in [0.1, 0.15) is 0 Å². The van der Waals surface area contributed by atoms with Crippen LogP contribution < -0.4 is 0 Å². The fourth-order valence-electron chi connectivity index (χ4n) is 2.08. The van der Waals surface area contributed by atoms with Crippen LogP contribution in [0.25, 0.3) is 0 Å². The van der Waals surface area contributed by atoms with E-state index in [-0.39, 0.29) is 12.6 Å². The Balaban J connectivity index is 2.13. The highest BCUT2D eigenvalue weighted by Gasteiger charge is 2.30. The first-order chi connectivity index (χ1) is 6.83. The summed E-state index contributed by atoms with van der Waals surface area (Å²) in [6.45, 7) is 3.55. The molecule has 0 radical (unpaired) electrons. The van der Waals surface area contributed by atoms with Crippen LogP contribution in [0.4, 0.5) is 0 Å². The van der Waals surface area contributed by atoms with E-state index < -0.39 is 0 Å². The zero-order chi connectivity index (χ0) is 9.97. The van der Waals surface area contributed by atoms with Gasteiger partial charge in [0.25, 0.3) is 0 Å². The Labute approximate surface area is 85.2 Å². The zero-order valence-corrected chi connectivity index (χ0v) is 8.56. The smallest absolute Gasteiger partial charge is 0.0628 e. The molecule has 76 valence electrons. The highest BCUT2D eigenvalue weighted by molar-refractivity contribution is 5.19. The van der Waals surface area contributed by atoms with Crippen LogP contribution in [0.5, 0.6) is 0 Å². The van der Waals surface area contributed by atoms with E-state index in [1.807, 2.05) is 18.2 Å². The predicted octanol–water partition coefficient (Wildman–Crippen LogP) is 1.81. The van der Waals surface area contributed by atoms with Gasteiger partial charge in [-0.25, -0.2) is 0 Å². The SMILES string of the molecule is CC1CCN1C(CO)c1ccccc1. The quantitative estimate of drug-likeness (QED) is 0.787. The number of hydrogen-bond donors (Lipinski definition) is 1. The van der Waals surface area contributed by atoms with Crippen molar-refractivity contribution < 1.29 is 5.11 Å². The molecule has 0 spiro atoms. The molecule has 0 aliphatic carbocycles. The number of aliphatic hydroxyl groups is 1. The molecule has 1 aliphatic rings. The van der Waals surface area contributed by atoms with E-state index in [9.17, 15) is 5.11 Å². The second kappa shape index (κ2) is 4.11. The molecule has 1 aromatic rings. The van der Waals surface area contributed by atoms with Gasteiger partial charge in [0.2, 0.25) is 0 Å². The van der Waals surface area contributed by atoms with Crippen LogP contribution in [0, 0.1) is 0 Å². The van der Waals surface area contributed by atoms with E-state index in [1.54, 1.807) is 0 Å². The van der Waals surface area contributed by atoms with Gasteiger partial charge in [-0.05, 0) is 18.9 Å². The summed E-state index contributed by atoms with van der Waals surface area (Å²) in [7, 11) is 0. The molecule has 2 heteroatoms. The summed E-state index contributed by atoms with van der Waals surface area (Å²) in [4.78, 5) is 2.36. The Kier molecular flexibility index (Phi) is 2.85. The lowest BCUT2D eigenvalue weighted by Crippen LogP contribution is -2.48. The van der Waals surface area contributed by atoms with Gasteiger partial charge in [0.15, 0.2) is 0 Å². The topological polar surface area (TPSA) is 23.5 Å². The summed E-state index contributed by atoms with van der Waals surface area (Å²) in [6.07, 6.45) is 1.25. The monoisotopic (exact) mass is 191 g/mol. The summed E-state index contributed by atoms with van der Waals surface area (Å²) < 4.78 is 0. The molecule has 2 rings (SSSR count). The van der Waals surface area contributed by atoms with Crippen molar-refractivity contribution in [3.8, 4) is 0 Å². The minimum Gasteiger partial charge on any atom is -0.394 e. The zero-order valence-electron chi connectivity index (χ0n) is 8.56. The third kappa shape index (κ3) is 1.68. The summed E-state index contributed by atoms with van der Waals surface area (Å²) in [5.74, 6) is 0. The molecule has 0 amide bonds. The fraction of sp³-hybridized carbons (Fsp3) is 0.500. The van der Waals surface area contributed by atoms with Gasteiger partial charge in [0, 0.05) is 12.6 Å². The molecule has 0 bridgehead atoms. The van der Waals surface area contributed by atoms with Crippen LogP contribution >= 0.6 is 0 Å². The highest BCUT2D eigenvalue weighted by Crippen LogP contribution is 2.29. The molecular formula is C12H17NO. The van der Waals surface area contributed by atoms with Gasteiger partial charge in [-0.2, -0.15) is 0 Å². The Bertz CT molecular complexity index is 286.